The van der Waals surface area contributed by atoms with E-state index in [-0.39, 0.29) is 44.8 Å². The zero-order valence-corrected chi connectivity index (χ0v) is 35.0. The fraction of sp³-hybridized carbons (Fsp3) is 0. The van der Waals surface area contributed by atoms with Crippen LogP contribution < -0.4 is 35.2 Å². The molecule has 0 saturated heterocycles. The van der Waals surface area contributed by atoms with E-state index < -0.39 is 53.4 Å². The predicted octanol–water partition coefficient (Wildman–Crippen LogP) is 6.10. The van der Waals surface area contributed by atoms with E-state index in [0.717, 1.165) is 6.07 Å². The van der Waals surface area contributed by atoms with Crippen LogP contribution in [0.2, 0.25) is 0 Å². The van der Waals surface area contributed by atoms with Crippen molar-refractivity contribution in [3.63, 3.8) is 0 Å². The Bertz CT molecular complexity index is 1830. The van der Waals surface area contributed by atoms with Crippen molar-refractivity contribution < 1.29 is 95.0 Å². The van der Waals surface area contributed by atoms with E-state index >= 15 is 0 Å². The standard InChI is InChI=1S/C14H14ClO4P.C14H14P.C6F5.C5H5N.2Au/c1-20(2,19-15(16,17)18,13-9-5-3-6-10-13)14-11-7-4-8-12-14;1-15(2,13-9-5-3-6-10-13)14-11-7-4-8-12-14;7-2-1-3(8)5(10)6(11)4(2)9;1-2-4-6-5-3-1;;/h3-12H,1-2H2;3-12H,1-2H2;;1-5H;;/q-2;2*-1;;;. The third kappa shape index (κ3) is 14.1. The molecule has 6 aromatic rings. The molecule has 15 heteroatoms. The smallest absolute Gasteiger partial charge is 0.0408 e. The number of rotatable bonds is 6. The van der Waals surface area contributed by atoms with E-state index in [2.05, 4.69) is 55.9 Å². The molecule has 0 atom stereocenters. The quantitative estimate of drug-likeness (QED) is 0.0503. The van der Waals surface area contributed by atoms with Gasteiger partial charge in [0.2, 0.25) is 0 Å². The van der Waals surface area contributed by atoms with E-state index in [4.69, 9.17) is 4.08 Å². The van der Waals surface area contributed by atoms with Crippen LogP contribution >= 0.6 is 14.1 Å². The molecule has 1 aromatic heterocycles. The average Bonchev–Trinajstić information content (AvgIpc) is 3.15. The molecular formula is C39H33Au2ClF5NO4P2-4. The summed E-state index contributed by atoms with van der Waals surface area (Å²) in [5, 5.41) is 3.46. The second-order valence-corrected chi connectivity index (χ2v) is 19.0. The van der Waals surface area contributed by atoms with Crippen molar-refractivity contribution in [1.29, 1.82) is 0 Å². The number of hydrogen-bond acceptors (Lipinski definition) is 5. The minimum Gasteiger partial charge on any atom is -0.265 e. The summed E-state index contributed by atoms with van der Waals surface area (Å²) in [6.07, 6.45) is 3.50. The second kappa shape index (κ2) is 22.2. The first-order chi connectivity index (χ1) is 24.5. The molecule has 0 bridgehead atoms. The van der Waals surface area contributed by atoms with Crippen LogP contribution in [0.3, 0.4) is 0 Å². The van der Waals surface area contributed by atoms with Crippen LogP contribution in [0.15, 0.2) is 152 Å². The zero-order valence-electron chi connectivity index (χ0n) is 28.1. The van der Waals surface area contributed by atoms with Gasteiger partial charge in [0, 0.05) is 67.8 Å². The molecule has 5 aromatic carbocycles. The molecular weight excluding hydrogens is 1130 g/mol. The fourth-order valence-electron chi connectivity index (χ4n) is 4.36. The number of aromatic nitrogens is 1. The SMILES string of the molecule is Fc1[c-]c(F)c(F)c(F)c1F.[Au].[Au].[CH2-]P([CH2-])(O[Cl+3]([O-])([O-])[O-])(c1ccccc1)c1ccccc1.[CH2-][P+]([CH2-])(c1ccccc1)c1ccccc1.c1ccncc1. The Morgan fingerprint density at radius 3 is 1.13 bits per heavy atom. The van der Waals surface area contributed by atoms with Crippen molar-refractivity contribution >= 4 is 35.3 Å². The first-order valence-electron chi connectivity index (χ1n) is 14.9. The van der Waals surface area contributed by atoms with Gasteiger partial charge >= 0.3 is 120 Å². The molecule has 0 saturated carbocycles. The molecule has 54 heavy (non-hydrogen) atoms. The molecule has 0 aliphatic carbocycles. The molecule has 0 unspecified atom stereocenters. The van der Waals surface area contributed by atoms with Crippen molar-refractivity contribution in [2.75, 3.05) is 0 Å². The van der Waals surface area contributed by atoms with Gasteiger partial charge in [0.05, 0.1) is 29.1 Å². The third-order valence-electron chi connectivity index (χ3n) is 7.02. The van der Waals surface area contributed by atoms with Crippen molar-refractivity contribution in [3.05, 3.63) is 214 Å². The van der Waals surface area contributed by atoms with E-state index in [1.54, 1.807) is 73.1 Å². The van der Waals surface area contributed by atoms with Crippen molar-refractivity contribution in [2.45, 2.75) is 0 Å². The minimum absolute atomic E-state index is 0. The number of benzene rings is 5. The summed E-state index contributed by atoms with van der Waals surface area (Å²) in [4.78, 5) is 3.78. The molecule has 0 fully saturated rings. The maximum atomic E-state index is 12.0. The molecule has 2 radical (unpaired) electrons. The van der Waals surface area contributed by atoms with Gasteiger partial charge in [0.15, 0.2) is 0 Å². The van der Waals surface area contributed by atoms with Gasteiger partial charge in [-0.15, -0.1) is 6.07 Å². The number of nitrogens with zero attached hydrogens (tertiary/aromatic N) is 1. The molecule has 5 nitrogen and oxygen atoms in total. The Balaban J connectivity index is 0.000000380. The summed E-state index contributed by atoms with van der Waals surface area (Å²) < 4.78 is 98.2. The molecule has 0 aliphatic heterocycles. The second-order valence-electron chi connectivity index (χ2n) is 10.9. The van der Waals surface area contributed by atoms with Crippen molar-refractivity contribution in [3.8, 4) is 0 Å². The number of hydrogen-bond donors (Lipinski definition) is 0. The number of halogens is 6. The first-order valence-corrected chi connectivity index (χ1v) is 20.8. The van der Waals surface area contributed by atoms with Gasteiger partial charge in [-0.3, -0.25) is 13.8 Å². The summed E-state index contributed by atoms with van der Waals surface area (Å²) in [5.74, 6) is -10.0. The third-order valence-corrected chi connectivity index (χ3v) is 14.6. The zero-order chi connectivity index (χ0) is 38.4. The van der Waals surface area contributed by atoms with Crippen LogP contribution in [0.4, 0.5) is 22.0 Å². The Morgan fingerprint density at radius 1 is 0.537 bits per heavy atom. The Labute approximate surface area is 346 Å². The van der Waals surface area contributed by atoms with Gasteiger partial charge in [-0.2, -0.15) is 20.6 Å². The maximum Gasteiger partial charge on any atom is 0.0408 e. The van der Waals surface area contributed by atoms with E-state index in [9.17, 15) is 35.9 Å². The van der Waals surface area contributed by atoms with E-state index in [1.165, 1.54) is 10.6 Å². The number of pyridine rings is 1. The average molecular weight is 1170 g/mol. The van der Waals surface area contributed by atoms with Gasteiger partial charge in [0.1, 0.15) is 0 Å². The summed E-state index contributed by atoms with van der Waals surface area (Å²) in [5.41, 5.74) is 0. The predicted molar refractivity (Wildman–Crippen MR) is 190 cm³/mol. The Hall–Kier alpha value is -2.63. The molecule has 0 spiro atoms. The van der Waals surface area contributed by atoms with Crippen LogP contribution in [-0.2, 0) is 48.8 Å². The summed E-state index contributed by atoms with van der Waals surface area (Å²) in [6.45, 7) is 12.5. The van der Waals surface area contributed by atoms with Crippen molar-refractivity contribution in [1.82, 2.24) is 4.98 Å². The normalized spacial score (nSPS) is 11.5. The van der Waals surface area contributed by atoms with Crippen molar-refractivity contribution in [2.24, 2.45) is 0 Å². The van der Waals surface area contributed by atoms with Gasteiger partial charge in [-0.05, 0) is 36.4 Å². The van der Waals surface area contributed by atoms with Gasteiger partial charge in [-0.1, -0.05) is 42.5 Å². The van der Waals surface area contributed by atoms with E-state index in [1.807, 2.05) is 54.6 Å². The van der Waals surface area contributed by atoms with Crippen LogP contribution in [0, 0.1) is 72.1 Å². The Kier molecular flexibility index (Phi) is 20.3. The van der Waals surface area contributed by atoms with Gasteiger partial charge < -0.3 is 0 Å². The largest absolute Gasteiger partial charge is 0.265 e. The maximum absolute atomic E-state index is 12.0. The fourth-order valence-corrected chi connectivity index (χ4v) is 10.4. The van der Waals surface area contributed by atoms with Gasteiger partial charge in [0.25, 0.3) is 0 Å². The molecule has 0 N–H and O–H groups in total. The monoisotopic (exact) mass is 1170 g/mol. The van der Waals surface area contributed by atoms with E-state index in [0.29, 0.717) is 10.6 Å². The minimum atomic E-state index is -4.66. The molecule has 1 heterocycles. The summed E-state index contributed by atoms with van der Waals surface area (Å²) >= 11 is 0. The van der Waals surface area contributed by atoms with Crippen LogP contribution in [-0.4, -0.2) is 4.98 Å². The summed E-state index contributed by atoms with van der Waals surface area (Å²) in [6, 6.07) is 44.5. The summed E-state index contributed by atoms with van der Waals surface area (Å²) in [7, 11) is -6.30. The van der Waals surface area contributed by atoms with Crippen LogP contribution in [0.25, 0.3) is 0 Å². The van der Waals surface area contributed by atoms with Crippen LogP contribution in [0.1, 0.15) is 0 Å². The van der Waals surface area contributed by atoms with Crippen LogP contribution in [0.5, 0.6) is 0 Å². The molecule has 0 aliphatic rings. The topological polar surface area (TPSA) is 91.3 Å². The molecule has 6 rings (SSSR count). The molecule has 0 amide bonds. The first kappa shape index (κ1) is 49.4. The molecule has 296 valence electrons. The Morgan fingerprint density at radius 2 is 0.852 bits per heavy atom. The van der Waals surface area contributed by atoms with Gasteiger partial charge in [-0.25, -0.2) is 13.2 Å².